The van der Waals surface area contributed by atoms with Crippen molar-refractivity contribution in [2.24, 2.45) is 0 Å². The minimum Gasteiger partial charge on any atom is -0.382 e. The van der Waals surface area contributed by atoms with E-state index in [1.165, 1.54) is 0 Å². The molecule has 0 bridgehead atoms. The second-order valence-electron chi connectivity index (χ2n) is 3.24. The standard InChI is InChI=1S/C9H11N3O/c1-6(2)12-8-3-7-4-11-13-9(7)10-5-8/h3-6,12H,1-2H3. The average Bonchev–Trinajstić information content (AvgIpc) is 2.49. The zero-order valence-corrected chi connectivity index (χ0v) is 7.61. The van der Waals surface area contributed by atoms with Gasteiger partial charge < -0.3 is 9.84 Å². The Hall–Kier alpha value is -1.58. The molecule has 1 N–H and O–H groups in total. The number of anilines is 1. The van der Waals surface area contributed by atoms with Crippen molar-refractivity contribution >= 4 is 16.8 Å². The lowest BCUT2D eigenvalue weighted by molar-refractivity contribution is 0.448. The van der Waals surface area contributed by atoms with Crippen LogP contribution in [0.5, 0.6) is 0 Å². The number of nitrogens with zero attached hydrogens (tertiary/aromatic N) is 2. The predicted molar refractivity (Wildman–Crippen MR) is 50.6 cm³/mol. The van der Waals surface area contributed by atoms with E-state index in [1.807, 2.05) is 6.07 Å². The summed E-state index contributed by atoms with van der Waals surface area (Å²) in [5.41, 5.74) is 1.57. The fourth-order valence-electron chi connectivity index (χ4n) is 1.18. The summed E-state index contributed by atoms with van der Waals surface area (Å²) in [7, 11) is 0. The molecule has 0 amide bonds. The fourth-order valence-corrected chi connectivity index (χ4v) is 1.18. The third-order valence-corrected chi connectivity index (χ3v) is 1.67. The number of nitrogens with one attached hydrogen (secondary N) is 1. The van der Waals surface area contributed by atoms with E-state index in [0.29, 0.717) is 11.8 Å². The number of rotatable bonds is 2. The van der Waals surface area contributed by atoms with Gasteiger partial charge in [-0.1, -0.05) is 5.16 Å². The van der Waals surface area contributed by atoms with Gasteiger partial charge in [-0.2, -0.15) is 0 Å². The van der Waals surface area contributed by atoms with E-state index in [-0.39, 0.29) is 0 Å². The van der Waals surface area contributed by atoms with Crippen LogP contribution >= 0.6 is 0 Å². The molecular formula is C9H11N3O. The minimum absolute atomic E-state index is 0.402. The Morgan fingerprint density at radius 1 is 1.38 bits per heavy atom. The molecule has 0 saturated heterocycles. The SMILES string of the molecule is CC(C)Nc1cnc2oncc2c1. The first-order valence-corrected chi connectivity index (χ1v) is 4.22. The summed E-state index contributed by atoms with van der Waals surface area (Å²) in [6.45, 7) is 4.16. The zero-order valence-electron chi connectivity index (χ0n) is 7.61. The van der Waals surface area contributed by atoms with E-state index in [2.05, 4.69) is 29.3 Å². The van der Waals surface area contributed by atoms with Gasteiger partial charge in [0.1, 0.15) is 0 Å². The molecule has 2 aromatic heterocycles. The molecule has 0 radical (unpaired) electrons. The summed E-state index contributed by atoms with van der Waals surface area (Å²) in [4.78, 5) is 4.10. The number of aromatic nitrogens is 2. The maximum Gasteiger partial charge on any atom is 0.257 e. The van der Waals surface area contributed by atoms with Gasteiger partial charge in [0.2, 0.25) is 0 Å². The van der Waals surface area contributed by atoms with Crippen LogP contribution in [0.15, 0.2) is 23.0 Å². The van der Waals surface area contributed by atoms with Gasteiger partial charge in [-0.3, -0.25) is 0 Å². The number of pyridine rings is 1. The summed E-state index contributed by atoms with van der Waals surface area (Å²) in [6, 6.07) is 2.37. The van der Waals surface area contributed by atoms with Crippen LogP contribution in [0.4, 0.5) is 5.69 Å². The van der Waals surface area contributed by atoms with E-state index in [9.17, 15) is 0 Å². The number of hydrogen-bond donors (Lipinski definition) is 1. The highest BCUT2D eigenvalue weighted by atomic mass is 16.5. The van der Waals surface area contributed by atoms with E-state index in [0.717, 1.165) is 11.1 Å². The van der Waals surface area contributed by atoms with E-state index >= 15 is 0 Å². The molecule has 0 fully saturated rings. The Bertz CT molecular complexity index is 408. The van der Waals surface area contributed by atoms with Gasteiger partial charge >= 0.3 is 0 Å². The van der Waals surface area contributed by atoms with Crippen LogP contribution in [0.2, 0.25) is 0 Å². The van der Waals surface area contributed by atoms with Gasteiger partial charge in [-0.05, 0) is 19.9 Å². The quantitative estimate of drug-likeness (QED) is 0.762. The maximum absolute atomic E-state index is 4.89. The first kappa shape index (κ1) is 8.04. The van der Waals surface area contributed by atoms with Gasteiger partial charge in [-0.15, -0.1) is 0 Å². The third-order valence-electron chi connectivity index (χ3n) is 1.67. The molecule has 68 valence electrons. The van der Waals surface area contributed by atoms with Crippen LogP contribution in [-0.4, -0.2) is 16.2 Å². The molecule has 0 aliphatic rings. The van der Waals surface area contributed by atoms with Crippen molar-refractivity contribution in [3.8, 4) is 0 Å². The number of hydrogen-bond acceptors (Lipinski definition) is 4. The molecule has 0 atom stereocenters. The molecule has 0 aromatic carbocycles. The normalized spacial score (nSPS) is 11.0. The minimum atomic E-state index is 0.402. The fraction of sp³-hybridized carbons (Fsp3) is 0.333. The van der Waals surface area contributed by atoms with Crippen molar-refractivity contribution in [1.82, 2.24) is 10.1 Å². The van der Waals surface area contributed by atoms with Crippen molar-refractivity contribution in [3.05, 3.63) is 18.5 Å². The Balaban J connectivity index is 2.37. The van der Waals surface area contributed by atoms with Gasteiger partial charge in [0.15, 0.2) is 0 Å². The summed E-state index contributed by atoms with van der Waals surface area (Å²) >= 11 is 0. The van der Waals surface area contributed by atoms with Crippen molar-refractivity contribution in [2.75, 3.05) is 5.32 Å². The van der Waals surface area contributed by atoms with Crippen LogP contribution < -0.4 is 5.32 Å². The van der Waals surface area contributed by atoms with E-state index in [1.54, 1.807) is 12.4 Å². The van der Waals surface area contributed by atoms with E-state index < -0.39 is 0 Å². The Morgan fingerprint density at radius 2 is 2.23 bits per heavy atom. The highest BCUT2D eigenvalue weighted by Gasteiger charge is 2.01. The molecule has 2 aromatic rings. The molecule has 2 rings (SSSR count). The van der Waals surface area contributed by atoms with Crippen LogP contribution in [-0.2, 0) is 0 Å². The Morgan fingerprint density at radius 3 is 3.00 bits per heavy atom. The Labute approximate surface area is 75.9 Å². The van der Waals surface area contributed by atoms with Crippen molar-refractivity contribution < 1.29 is 4.52 Å². The molecule has 13 heavy (non-hydrogen) atoms. The smallest absolute Gasteiger partial charge is 0.257 e. The lowest BCUT2D eigenvalue weighted by Gasteiger charge is -2.08. The molecule has 2 heterocycles. The summed E-state index contributed by atoms with van der Waals surface area (Å²) in [6.07, 6.45) is 3.40. The molecule has 0 spiro atoms. The largest absolute Gasteiger partial charge is 0.382 e. The van der Waals surface area contributed by atoms with Gasteiger partial charge in [0.25, 0.3) is 5.71 Å². The lowest BCUT2D eigenvalue weighted by Crippen LogP contribution is -2.09. The predicted octanol–water partition coefficient (Wildman–Crippen LogP) is 2.04. The average molecular weight is 177 g/mol. The van der Waals surface area contributed by atoms with Gasteiger partial charge in [-0.25, -0.2) is 4.98 Å². The second-order valence-corrected chi connectivity index (χ2v) is 3.24. The highest BCUT2D eigenvalue weighted by Crippen LogP contribution is 2.15. The molecule has 0 aliphatic carbocycles. The third kappa shape index (κ3) is 1.61. The molecule has 4 heteroatoms. The van der Waals surface area contributed by atoms with Crippen LogP contribution in [0.25, 0.3) is 11.1 Å². The topological polar surface area (TPSA) is 51.0 Å². The Kier molecular flexibility index (Phi) is 1.88. The molecular weight excluding hydrogens is 166 g/mol. The molecule has 0 aliphatic heterocycles. The lowest BCUT2D eigenvalue weighted by atomic mass is 10.3. The second kappa shape index (κ2) is 3.05. The molecule has 0 saturated carbocycles. The first-order chi connectivity index (χ1) is 6.25. The van der Waals surface area contributed by atoms with Crippen LogP contribution in [0, 0.1) is 0 Å². The monoisotopic (exact) mass is 177 g/mol. The molecule has 0 unspecified atom stereocenters. The highest BCUT2D eigenvalue weighted by molar-refractivity contribution is 5.75. The maximum atomic E-state index is 4.89. The summed E-state index contributed by atoms with van der Waals surface area (Å²) in [5.74, 6) is 0. The molecule has 4 nitrogen and oxygen atoms in total. The van der Waals surface area contributed by atoms with Crippen molar-refractivity contribution in [3.63, 3.8) is 0 Å². The van der Waals surface area contributed by atoms with E-state index in [4.69, 9.17) is 4.52 Å². The zero-order chi connectivity index (χ0) is 9.26. The summed E-state index contributed by atoms with van der Waals surface area (Å²) < 4.78 is 4.89. The van der Waals surface area contributed by atoms with Crippen LogP contribution in [0.3, 0.4) is 0 Å². The first-order valence-electron chi connectivity index (χ1n) is 4.22. The summed E-state index contributed by atoms with van der Waals surface area (Å²) in [5, 5.41) is 7.83. The number of fused-ring (bicyclic) bond motifs is 1. The van der Waals surface area contributed by atoms with Crippen molar-refractivity contribution in [1.29, 1.82) is 0 Å². The van der Waals surface area contributed by atoms with Gasteiger partial charge in [0.05, 0.1) is 23.5 Å². The van der Waals surface area contributed by atoms with Crippen molar-refractivity contribution in [2.45, 2.75) is 19.9 Å². The van der Waals surface area contributed by atoms with Gasteiger partial charge in [0, 0.05) is 6.04 Å². The van der Waals surface area contributed by atoms with Crippen LogP contribution in [0.1, 0.15) is 13.8 Å².